The molecule has 160 valence electrons. The second-order valence-corrected chi connectivity index (χ2v) is 8.85. The second-order valence-electron chi connectivity index (χ2n) is 6.55. The summed E-state index contributed by atoms with van der Waals surface area (Å²) < 4.78 is 27.4. The van der Waals surface area contributed by atoms with Crippen molar-refractivity contribution < 1.29 is 18.3 Å². The maximum atomic E-state index is 13.2. The van der Waals surface area contributed by atoms with Gasteiger partial charge >= 0.3 is 0 Å². The average Bonchev–Trinajstić information content (AvgIpc) is 2.76. The molecule has 0 spiro atoms. The summed E-state index contributed by atoms with van der Waals surface area (Å²) in [4.78, 5) is 12.6. The Bertz CT molecular complexity index is 1210. The third kappa shape index (κ3) is 5.42. The molecule has 3 aromatic carbocycles. The standard InChI is InChI=1S/C22H20ClN3O4S/c1-16(20-12-5-6-13-21(20)27)24-25-22(28)15-26(18-9-7-8-17(23)14-18)31(29,30)19-10-3-2-4-11-19/h2-14,27H,15H2,1H3,(H,25,28)/b24-16+. The molecule has 0 saturated carbocycles. The van der Waals surface area contributed by atoms with Gasteiger partial charge in [0.2, 0.25) is 0 Å². The van der Waals surface area contributed by atoms with Crippen LogP contribution in [0, 0.1) is 0 Å². The minimum atomic E-state index is -4.04. The second kappa shape index (κ2) is 9.63. The zero-order chi connectivity index (χ0) is 22.4. The summed E-state index contributed by atoms with van der Waals surface area (Å²) in [5.74, 6) is -0.639. The fourth-order valence-corrected chi connectivity index (χ4v) is 4.44. The number of anilines is 1. The van der Waals surface area contributed by atoms with Crippen LogP contribution in [0.5, 0.6) is 5.75 Å². The van der Waals surface area contributed by atoms with Crippen molar-refractivity contribution in [2.75, 3.05) is 10.8 Å². The van der Waals surface area contributed by atoms with Gasteiger partial charge in [-0.15, -0.1) is 0 Å². The van der Waals surface area contributed by atoms with Gasteiger partial charge in [-0.25, -0.2) is 13.8 Å². The van der Waals surface area contributed by atoms with E-state index in [0.29, 0.717) is 16.3 Å². The number of nitrogens with zero attached hydrogens (tertiary/aromatic N) is 2. The summed E-state index contributed by atoms with van der Waals surface area (Å²) in [6, 6.07) is 20.6. The molecule has 2 N–H and O–H groups in total. The molecular formula is C22H20ClN3O4S. The number of rotatable bonds is 7. The normalized spacial score (nSPS) is 11.7. The largest absolute Gasteiger partial charge is 0.507 e. The Kier molecular flexibility index (Phi) is 6.94. The number of aromatic hydroxyl groups is 1. The number of para-hydroxylation sites is 1. The van der Waals surface area contributed by atoms with E-state index in [-0.39, 0.29) is 16.3 Å². The topological polar surface area (TPSA) is 99.1 Å². The summed E-state index contributed by atoms with van der Waals surface area (Å²) >= 11 is 6.04. The van der Waals surface area contributed by atoms with E-state index in [1.807, 2.05) is 0 Å². The van der Waals surface area contributed by atoms with E-state index >= 15 is 0 Å². The third-order valence-corrected chi connectivity index (χ3v) is 6.38. The summed E-state index contributed by atoms with van der Waals surface area (Å²) in [5.41, 5.74) is 3.41. The number of carbonyl (C=O) groups is 1. The highest BCUT2D eigenvalue weighted by Crippen LogP contribution is 2.26. The first-order valence-electron chi connectivity index (χ1n) is 9.24. The lowest BCUT2D eigenvalue weighted by Crippen LogP contribution is -2.39. The molecule has 0 aliphatic carbocycles. The zero-order valence-electron chi connectivity index (χ0n) is 16.6. The van der Waals surface area contributed by atoms with Crippen molar-refractivity contribution in [2.24, 2.45) is 5.10 Å². The summed E-state index contributed by atoms with van der Waals surface area (Å²) in [6.07, 6.45) is 0. The molecular weight excluding hydrogens is 438 g/mol. The molecule has 0 heterocycles. The number of sulfonamides is 1. The molecule has 0 unspecified atom stereocenters. The van der Waals surface area contributed by atoms with Crippen LogP contribution in [0.25, 0.3) is 0 Å². The third-order valence-electron chi connectivity index (χ3n) is 4.36. The first kappa shape index (κ1) is 22.3. The van der Waals surface area contributed by atoms with E-state index in [1.54, 1.807) is 61.5 Å². The Morgan fingerprint density at radius 2 is 1.71 bits per heavy atom. The summed E-state index contributed by atoms with van der Waals surface area (Å²) in [6.45, 7) is 1.10. The summed E-state index contributed by atoms with van der Waals surface area (Å²) in [5, 5.41) is 14.2. The van der Waals surface area contributed by atoms with Crippen molar-refractivity contribution >= 4 is 38.9 Å². The number of phenols is 1. The van der Waals surface area contributed by atoms with Crippen molar-refractivity contribution in [2.45, 2.75) is 11.8 Å². The van der Waals surface area contributed by atoms with Crippen molar-refractivity contribution in [1.82, 2.24) is 5.43 Å². The zero-order valence-corrected chi connectivity index (χ0v) is 18.1. The van der Waals surface area contributed by atoms with Crippen LogP contribution < -0.4 is 9.73 Å². The first-order valence-corrected chi connectivity index (χ1v) is 11.1. The molecule has 0 aliphatic rings. The Morgan fingerprint density at radius 1 is 1.03 bits per heavy atom. The van der Waals surface area contributed by atoms with Crippen LogP contribution in [0.3, 0.4) is 0 Å². The van der Waals surface area contributed by atoms with Gasteiger partial charge in [0.05, 0.1) is 16.3 Å². The van der Waals surface area contributed by atoms with Crippen LogP contribution in [0.1, 0.15) is 12.5 Å². The maximum Gasteiger partial charge on any atom is 0.264 e. The van der Waals surface area contributed by atoms with Gasteiger partial charge in [-0.05, 0) is 49.4 Å². The molecule has 0 bridgehead atoms. The molecule has 3 rings (SSSR count). The van der Waals surface area contributed by atoms with E-state index in [1.165, 1.54) is 24.3 Å². The predicted octanol–water partition coefficient (Wildman–Crippen LogP) is 3.78. The van der Waals surface area contributed by atoms with Gasteiger partial charge in [-0.3, -0.25) is 9.10 Å². The monoisotopic (exact) mass is 457 g/mol. The maximum absolute atomic E-state index is 13.2. The number of hydrazone groups is 1. The highest BCUT2D eigenvalue weighted by atomic mass is 35.5. The van der Waals surface area contributed by atoms with E-state index in [4.69, 9.17) is 11.6 Å². The van der Waals surface area contributed by atoms with E-state index in [0.717, 1.165) is 4.31 Å². The lowest BCUT2D eigenvalue weighted by atomic mass is 10.1. The SMILES string of the molecule is C/C(=N\NC(=O)CN(c1cccc(Cl)c1)S(=O)(=O)c1ccccc1)c1ccccc1O. The number of benzene rings is 3. The smallest absolute Gasteiger partial charge is 0.264 e. The Balaban J connectivity index is 1.88. The van der Waals surface area contributed by atoms with Crippen molar-refractivity contribution in [3.8, 4) is 5.75 Å². The quantitative estimate of drug-likeness (QED) is 0.416. The summed E-state index contributed by atoms with van der Waals surface area (Å²) in [7, 11) is -4.04. The van der Waals surface area contributed by atoms with Gasteiger partial charge in [-0.2, -0.15) is 5.10 Å². The number of amides is 1. The molecule has 0 radical (unpaired) electrons. The Morgan fingerprint density at radius 3 is 2.39 bits per heavy atom. The van der Waals surface area contributed by atoms with Gasteiger partial charge in [-0.1, -0.05) is 48.0 Å². The highest BCUT2D eigenvalue weighted by molar-refractivity contribution is 7.92. The fourth-order valence-electron chi connectivity index (χ4n) is 2.82. The van der Waals surface area contributed by atoms with Gasteiger partial charge in [0, 0.05) is 10.6 Å². The molecule has 0 fully saturated rings. The van der Waals surface area contributed by atoms with E-state index in [2.05, 4.69) is 10.5 Å². The Hall–Kier alpha value is -3.36. The number of hydrogen-bond donors (Lipinski definition) is 2. The number of halogens is 1. The molecule has 1 amide bonds. The van der Waals surface area contributed by atoms with Crippen LogP contribution in [-0.4, -0.2) is 31.7 Å². The van der Waals surface area contributed by atoms with Crippen molar-refractivity contribution in [1.29, 1.82) is 0 Å². The number of nitrogens with one attached hydrogen (secondary N) is 1. The molecule has 0 saturated heterocycles. The molecule has 0 aromatic heterocycles. The Labute approximate surface area is 185 Å². The molecule has 9 heteroatoms. The molecule has 31 heavy (non-hydrogen) atoms. The van der Waals surface area contributed by atoms with E-state index in [9.17, 15) is 18.3 Å². The lowest BCUT2D eigenvalue weighted by molar-refractivity contribution is -0.119. The minimum Gasteiger partial charge on any atom is -0.507 e. The van der Waals surface area contributed by atoms with Crippen LogP contribution in [0.4, 0.5) is 5.69 Å². The van der Waals surface area contributed by atoms with Crippen LogP contribution in [-0.2, 0) is 14.8 Å². The van der Waals surface area contributed by atoms with Crippen LogP contribution >= 0.6 is 11.6 Å². The number of phenolic OH excluding ortho intramolecular Hbond substituents is 1. The van der Waals surface area contributed by atoms with Crippen molar-refractivity contribution in [3.63, 3.8) is 0 Å². The van der Waals surface area contributed by atoms with Crippen LogP contribution in [0.2, 0.25) is 5.02 Å². The van der Waals surface area contributed by atoms with Gasteiger partial charge in [0.1, 0.15) is 12.3 Å². The number of hydrogen-bond acceptors (Lipinski definition) is 5. The van der Waals surface area contributed by atoms with Gasteiger partial charge in [0.15, 0.2) is 0 Å². The van der Waals surface area contributed by atoms with E-state index < -0.39 is 22.5 Å². The molecule has 7 nitrogen and oxygen atoms in total. The van der Waals surface area contributed by atoms with Gasteiger partial charge in [0.25, 0.3) is 15.9 Å². The fraction of sp³-hybridized carbons (Fsp3) is 0.0909. The van der Waals surface area contributed by atoms with Gasteiger partial charge < -0.3 is 5.11 Å². The predicted molar refractivity (Wildman–Crippen MR) is 121 cm³/mol. The lowest BCUT2D eigenvalue weighted by Gasteiger charge is -2.24. The average molecular weight is 458 g/mol. The number of carbonyl (C=O) groups excluding carboxylic acids is 1. The van der Waals surface area contributed by atoms with Crippen molar-refractivity contribution in [3.05, 3.63) is 89.4 Å². The first-order chi connectivity index (χ1) is 14.8. The minimum absolute atomic E-state index is 0.0187. The molecule has 3 aromatic rings. The highest BCUT2D eigenvalue weighted by Gasteiger charge is 2.27. The van der Waals surface area contributed by atoms with Crippen LogP contribution in [0.15, 0.2) is 88.9 Å². The molecule has 0 aliphatic heterocycles. The molecule has 0 atom stereocenters.